The first-order chi connectivity index (χ1) is 10.2. The monoisotopic (exact) mass is 296 g/mol. The number of carbonyl (C=O) groups excluding carboxylic acids is 1. The number of hydrogen-bond acceptors (Lipinski definition) is 4. The Morgan fingerprint density at radius 1 is 1.10 bits per heavy atom. The van der Waals surface area contributed by atoms with Gasteiger partial charge in [0.1, 0.15) is 0 Å². The standard InChI is InChI=1S/C16H28N2O3/c1-13-5-4-8-18(11-13)15(19)12-17-7-3-2-6-14(17)16-20-9-10-21-16/h13-14,16H,2-12H2,1H3/t13-,14-/m0/s1. The van der Waals surface area contributed by atoms with Crippen LogP contribution in [-0.4, -0.2) is 67.4 Å². The van der Waals surface area contributed by atoms with E-state index < -0.39 is 0 Å². The average Bonchev–Trinajstić information content (AvgIpc) is 3.02. The normalized spacial score (nSPS) is 32.5. The molecule has 21 heavy (non-hydrogen) atoms. The number of rotatable bonds is 3. The molecule has 0 aromatic heterocycles. The van der Waals surface area contributed by atoms with Gasteiger partial charge in [-0.3, -0.25) is 9.69 Å². The molecule has 120 valence electrons. The average molecular weight is 296 g/mol. The van der Waals surface area contributed by atoms with Crippen molar-refractivity contribution in [1.29, 1.82) is 0 Å². The van der Waals surface area contributed by atoms with Crippen molar-refractivity contribution in [2.75, 3.05) is 39.4 Å². The highest BCUT2D eigenvalue weighted by Crippen LogP contribution is 2.25. The van der Waals surface area contributed by atoms with Crippen LogP contribution in [0.25, 0.3) is 0 Å². The molecule has 3 fully saturated rings. The van der Waals surface area contributed by atoms with Crippen molar-refractivity contribution in [2.45, 2.75) is 51.4 Å². The summed E-state index contributed by atoms with van der Waals surface area (Å²) >= 11 is 0. The Balaban J connectivity index is 1.57. The lowest BCUT2D eigenvalue weighted by atomic mass is 9.99. The topological polar surface area (TPSA) is 42.0 Å². The molecule has 3 saturated heterocycles. The molecule has 0 radical (unpaired) electrons. The summed E-state index contributed by atoms with van der Waals surface area (Å²) in [5.41, 5.74) is 0. The molecule has 3 rings (SSSR count). The molecule has 2 atom stereocenters. The molecule has 0 aromatic carbocycles. The van der Waals surface area contributed by atoms with E-state index in [2.05, 4.69) is 16.7 Å². The Labute approximate surface area is 127 Å². The Kier molecular flexibility index (Phi) is 5.14. The van der Waals surface area contributed by atoms with Crippen LogP contribution in [0, 0.1) is 5.92 Å². The largest absolute Gasteiger partial charge is 0.349 e. The van der Waals surface area contributed by atoms with E-state index in [1.807, 2.05) is 0 Å². The number of nitrogens with zero attached hydrogens (tertiary/aromatic N) is 2. The maximum absolute atomic E-state index is 12.6. The van der Waals surface area contributed by atoms with E-state index in [4.69, 9.17) is 9.47 Å². The summed E-state index contributed by atoms with van der Waals surface area (Å²) in [6, 6.07) is 0.257. The van der Waals surface area contributed by atoms with Gasteiger partial charge in [-0.25, -0.2) is 0 Å². The van der Waals surface area contributed by atoms with E-state index in [0.29, 0.717) is 25.7 Å². The predicted molar refractivity (Wildman–Crippen MR) is 79.9 cm³/mol. The van der Waals surface area contributed by atoms with Gasteiger partial charge in [0.05, 0.1) is 25.8 Å². The van der Waals surface area contributed by atoms with Crippen LogP contribution in [0.3, 0.4) is 0 Å². The van der Waals surface area contributed by atoms with Gasteiger partial charge in [0.15, 0.2) is 6.29 Å². The van der Waals surface area contributed by atoms with E-state index in [1.165, 1.54) is 19.3 Å². The van der Waals surface area contributed by atoms with Gasteiger partial charge in [-0.1, -0.05) is 13.3 Å². The van der Waals surface area contributed by atoms with Gasteiger partial charge in [-0.15, -0.1) is 0 Å². The van der Waals surface area contributed by atoms with E-state index >= 15 is 0 Å². The Bertz CT molecular complexity index is 357. The number of carbonyl (C=O) groups is 1. The molecular formula is C16H28N2O3. The minimum Gasteiger partial charge on any atom is -0.349 e. The van der Waals surface area contributed by atoms with Gasteiger partial charge < -0.3 is 14.4 Å². The minimum absolute atomic E-state index is 0.127. The molecule has 0 aromatic rings. The highest BCUT2D eigenvalue weighted by atomic mass is 16.7. The van der Waals surface area contributed by atoms with Crippen LogP contribution < -0.4 is 0 Å². The quantitative estimate of drug-likeness (QED) is 0.791. The molecular weight excluding hydrogens is 268 g/mol. The fourth-order valence-electron chi connectivity index (χ4n) is 3.81. The zero-order valence-electron chi connectivity index (χ0n) is 13.1. The fraction of sp³-hybridized carbons (Fsp3) is 0.938. The molecule has 0 aliphatic carbocycles. The number of amides is 1. The second kappa shape index (κ2) is 7.07. The van der Waals surface area contributed by atoms with Crippen molar-refractivity contribution < 1.29 is 14.3 Å². The highest BCUT2D eigenvalue weighted by Gasteiger charge is 2.35. The molecule has 1 amide bonds. The van der Waals surface area contributed by atoms with Crippen molar-refractivity contribution in [3.05, 3.63) is 0 Å². The number of hydrogen-bond donors (Lipinski definition) is 0. The SMILES string of the molecule is C[C@H]1CCCN(C(=O)CN2CCCC[C@H]2C2OCCO2)C1. The first-order valence-corrected chi connectivity index (χ1v) is 8.49. The third-order valence-electron chi connectivity index (χ3n) is 4.97. The van der Waals surface area contributed by atoms with Gasteiger partial charge >= 0.3 is 0 Å². The summed E-state index contributed by atoms with van der Waals surface area (Å²) in [6.45, 7) is 6.98. The summed E-state index contributed by atoms with van der Waals surface area (Å²) in [7, 11) is 0. The summed E-state index contributed by atoms with van der Waals surface area (Å²) in [6.07, 6.45) is 5.73. The first kappa shape index (κ1) is 15.3. The lowest BCUT2D eigenvalue weighted by Crippen LogP contribution is -2.52. The van der Waals surface area contributed by atoms with Crippen LogP contribution in [0.15, 0.2) is 0 Å². The van der Waals surface area contributed by atoms with Crippen molar-refractivity contribution >= 4 is 5.91 Å². The van der Waals surface area contributed by atoms with Crippen LogP contribution in [0.1, 0.15) is 39.0 Å². The van der Waals surface area contributed by atoms with Gasteiger partial charge in [-0.2, -0.15) is 0 Å². The summed E-state index contributed by atoms with van der Waals surface area (Å²) in [4.78, 5) is 16.9. The molecule has 3 aliphatic rings. The molecule has 3 aliphatic heterocycles. The van der Waals surface area contributed by atoms with Crippen molar-refractivity contribution in [3.8, 4) is 0 Å². The van der Waals surface area contributed by atoms with Gasteiger partial charge in [0, 0.05) is 13.1 Å². The Morgan fingerprint density at radius 3 is 2.67 bits per heavy atom. The Morgan fingerprint density at radius 2 is 1.90 bits per heavy atom. The molecule has 0 spiro atoms. The second-order valence-electron chi connectivity index (χ2n) is 6.73. The lowest BCUT2D eigenvalue weighted by Gasteiger charge is -2.39. The zero-order chi connectivity index (χ0) is 14.7. The number of piperidine rings is 2. The zero-order valence-corrected chi connectivity index (χ0v) is 13.1. The lowest BCUT2D eigenvalue weighted by molar-refractivity contribution is -0.141. The van der Waals surface area contributed by atoms with E-state index in [-0.39, 0.29) is 18.2 Å². The second-order valence-corrected chi connectivity index (χ2v) is 6.73. The third kappa shape index (κ3) is 3.76. The summed E-state index contributed by atoms with van der Waals surface area (Å²) in [5, 5.41) is 0. The first-order valence-electron chi connectivity index (χ1n) is 8.49. The predicted octanol–water partition coefficient (Wildman–Crippen LogP) is 1.47. The van der Waals surface area contributed by atoms with Gasteiger partial charge in [0.25, 0.3) is 0 Å². The van der Waals surface area contributed by atoms with Crippen LogP contribution in [0.2, 0.25) is 0 Å². The third-order valence-corrected chi connectivity index (χ3v) is 4.97. The molecule has 5 heteroatoms. The number of likely N-dealkylation sites (tertiary alicyclic amines) is 2. The molecule has 0 saturated carbocycles. The molecule has 5 nitrogen and oxygen atoms in total. The van der Waals surface area contributed by atoms with Gasteiger partial charge in [-0.05, 0) is 38.1 Å². The van der Waals surface area contributed by atoms with Crippen LogP contribution in [-0.2, 0) is 14.3 Å². The Hall–Kier alpha value is -0.650. The summed E-state index contributed by atoms with van der Waals surface area (Å²) in [5.74, 6) is 0.924. The van der Waals surface area contributed by atoms with Crippen LogP contribution in [0.4, 0.5) is 0 Å². The smallest absolute Gasteiger partial charge is 0.236 e. The van der Waals surface area contributed by atoms with Crippen LogP contribution >= 0.6 is 0 Å². The highest BCUT2D eigenvalue weighted by molar-refractivity contribution is 5.78. The fourth-order valence-corrected chi connectivity index (χ4v) is 3.81. The molecule has 0 unspecified atom stereocenters. The molecule has 0 bridgehead atoms. The maximum Gasteiger partial charge on any atom is 0.236 e. The minimum atomic E-state index is -0.127. The van der Waals surface area contributed by atoms with Crippen molar-refractivity contribution in [1.82, 2.24) is 9.80 Å². The van der Waals surface area contributed by atoms with E-state index in [1.54, 1.807) is 0 Å². The van der Waals surface area contributed by atoms with Crippen LogP contribution in [0.5, 0.6) is 0 Å². The maximum atomic E-state index is 12.6. The summed E-state index contributed by atoms with van der Waals surface area (Å²) < 4.78 is 11.4. The molecule has 3 heterocycles. The van der Waals surface area contributed by atoms with E-state index in [0.717, 1.165) is 32.5 Å². The number of ether oxygens (including phenoxy) is 2. The van der Waals surface area contributed by atoms with Crippen molar-refractivity contribution in [3.63, 3.8) is 0 Å². The van der Waals surface area contributed by atoms with Gasteiger partial charge in [0.2, 0.25) is 5.91 Å². The van der Waals surface area contributed by atoms with E-state index in [9.17, 15) is 4.79 Å². The molecule has 0 N–H and O–H groups in total. The van der Waals surface area contributed by atoms with Crippen molar-refractivity contribution in [2.24, 2.45) is 5.92 Å².